The summed E-state index contributed by atoms with van der Waals surface area (Å²) >= 11 is 1.45. The summed E-state index contributed by atoms with van der Waals surface area (Å²) in [6.45, 7) is 4.57. The second-order valence-electron chi connectivity index (χ2n) is 7.02. The Hall–Kier alpha value is -2.35. The van der Waals surface area contributed by atoms with Gasteiger partial charge >= 0.3 is 0 Å². The van der Waals surface area contributed by atoms with E-state index in [4.69, 9.17) is 0 Å². The molecule has 0 atom stereocenters. The first-order valence-corrected chi connectivity index (χ1v) is 10.7. The third kappa shape index (κ3) is 4.38. The molecule has 8 heteroatoms. The molecule has 1 aromatic carbocycles. The van der Waals surface area contributed by atoms with Crippen molar-refractivity contribution in [2.45, 2.75) is 17.9 Å². The lowest BCUT2D eigenvalue weighted by atomic mass is 10.2. The lowest BCUT2D eigenvalue weighted by molar-refractivity contribution is -0.128. The van der Waals surface area contributed by atoms with Crippen molar-refractivity contribution in [2.75, 3.05) is 54.8 Å². The topological polar surface area (TPSA) is 52.6 Å². The molecule has 148 valence electrons. The highest BCUT2D eigenvalue weighted by molar-refractivity contribution is 7.99. The van der Waals surface area contributed by atoms with Crippen molar-refractivity contribution in [1.82, 2.24) is 14.9 Å². The minimum atomic E-state index is -0.213. The highest BCUT2D eigenvalue weighted by Crippen LogP contribution is 2.24. The minimum absolute atomic E-state index is 0.0968. The van der Waals surface area contributed by atoms with Gasteiger partial charge in [0.15, 0.2) is 0 Å². The number of para-hydroxylation sites is 1. The molecule has 2 aliphatic heterocycles. The Labute approximate surface area is 168 Å². The molecule has 0 N–H and O–H groups in total. The number of hydrogen-bond donors (Lipinski definition) is 0. The van der Waals surface area contributed by atoms with Gasteiger partial charge in [0.05, 0.1) is 11.4 Å². The van der Waals surface area contributed by atoms with E-state index >= 15 is 0 Å². The van der Waals surface area contributed by atoms with Gasteiger partial charge in [-0.1, -0.05) is 23.9 Å². The number of carbonyl (C=O) groups excluding carboxylic acids is 1. The zero-order chi connectivity index (χ0) is 19.3. The number of anilines is 2. The van der Waals surface area contributed by atoms with Crippen LogP contribution < -0.4 is 9.80 Å². The van der Waals surface area contributed by atoms with Crippen molar-refractivity contribution in [1.29, 1.82) is 0 Å². The van der Waals surface area contributed by atoms with Crippen LogP contribution in [0, 0.1) is 5.82 Å². The standard InChI is InChI=1S/C20H24FN5OS/c21-16-5-1-2-6-17(16)24-9-11-26(12-10-24)20(27)14-28-19-13-18(22-15-23-19)25-7-3-4-8-25/h1-2,5-6,13,15H,3-4,7-12,14H2. The van der Waals surface area contributed by atoms with E-state index in [0.29, 0.717) is 37.6 Å². The number of piperazine rings is 1. The molecule has 0 saturated carbocycles. The van der Waals surface area contributed by atoms with Crippen molar-refractivity contribution in [3.8, 4) is 0 Å². The number of thioether (sulfide) groups is 1. The molecule has 2 aliphatic rings. The summed E-state index contributed by atoms with van der Waals surface area (Å²) < 4.78 is 13.9. The van der Waals surface area contributed by atoms with Crippen LogP contribution in [0.2, 0.25) is 0 Å². The van der Waals surface area contributed by atoms with Gasteiger partial charge in [-0.15, -0.1) is 0 Å². The van der Waals surface area contributed by atoms with E-state index in [1.54, 1.807) is 18.5 Å². The first-order chi connectivity index (χ1) is 13.7. The van der Waals surface area contributed by atoms with E-state index in [0.717, 1.165) is 23.9 Å². The molecule has 4 rings (SSSR count). The molecule has 0 aliphatic carbocycles. The second kappa shape index (κ2) is 8.77. The number of halogens is 1. The Kier molecular flexibility index (Phi) is 5.95. The monoisotopic (exact) mass is 401 g/mol. The summed E-state index contributed by atoms with van der Waals surface area (Å²) in [5, 5.41) is 0.829. The molecule has 0 radical (unpaired) electrons. The summed E-state index contributed by atoms with van der Waals surface area (Å²) in [5.41, 5.74) is 0.611. The molecule has 1 aromatic heterocycles. The molecular weight excluding hydrogens is 377 g/mol. The van der Waals surface area contributed by atoms with Crippen molar-refractivity contribution in [3.05, 3.63) is 42.5 Å². The Bertz CT molecular complexity index is 822. The lowest BCUT2D eigenvalue weighted by Crippen LogP contribution is -2.49. The number of amides is 1. The summed E-state index contributed by atoms with van der Waals surface area (Å²) in [5.74, 6) is 1.19. The largest absolute Gasteiger partial charge is 0.366 e. The molecule has 0 spiro atoms. The Morgan fingerprint density at radius 2 is 1.75 bits per heavy atom. The molecule has 1 amide bonds. The van der Waals surface area contributed by atoms with Crippen LogP contribution >= 0.6 is 11.8 Å². The summed E-state index contributed by atoms with van der Waals surface area (Å²) in [6, 6.07) is 8.76. The average Bonchev–Trinajstić information content (AvgIpc) is 3.28. The molecule has 6 nitrogen and oxygen atoms in total. The zero-order valence-electron chi connectivity index (χ0n) is 15.8. The molecule has 3 heterocycles. The van der Waals surface area contributed by atoms with Gasteiger partial charge in [0, 0.05) is 45.3 Å². The Morgan fingerprint density at radius 1 is 1.00 bits per heavy atom. The van der Waals surface area contributed by atoms with Gasteiger partial charge in [-0.25, -0.2) is 14.4 Å². The van der Waals surface area contributed by atoms with Crippen molar-refractivity contribution in [3.63, 3.8) is 0 Å². The van der Waals surface area contributed by atoms with Gasteiger partial charge in [0.25, 0.3) is 0 Å². The summed E-state index contributed by atoms with van der Waals surface area (Å²) in [4.78, 5) is 27.3. The normalized spacial score (nSPS) is 17.2. The molecule has 2 saturated heterocycles. The quantitative estimate of drug-likeness (QED) is 0.567. The van der Waals surface area contributed by atoms with Gasteiger partial charge in [-0.2, -0.15) is 0 Å². The van der Waals surface area contributed by atoms with Crippen LogP contribution in [-0.2, 0) is 4.79 Å². The SMILES string of the molecule is O=C(CSc1cc(N2CCCC2)ncn1)N1CCN(c2ccccc2F)CC1. The summed E-state index contributed by atoms with van der Waals surface area (Å²) in [6.07, 6.45) is 3.97. The maximum Gasteiger partial charge on any atom is 0.233 e. The molecule has 0 unspecified atom stereocenters. The number of rotatable bonds is 5. The van der Waals surface area contributed by atoms with E-state index < -0.39 is 0 Å². The van der Waals surface area contributed by atoms with Crippen molar-refractivity contribution in [2.24, 2.45) is 0 Å². The van der Waals surface area contributed by atoms with E-state index in [9.17, 15) is 9.18 Å². The minimum Gasteiger partial charge on any atom is -0.366 e. The van der Waals surface area contributed by atoms with Crippen LogP contribution in [0.4, 0.5) is 15.9 Å². The fraction of sp³-hybridized carbons (Fsp3) is 0.450. The van der Waals surface area contributed by atoms with Crippen LogP contribution in [0.1, 0.15) is 12.8 Å². The van der Waals surface area contributed by atoms with Gasteiger partial charge in [-0.3, -0.25) is 4.79 Å². The van der Waals surface area contributed by atoms with Crippen molar-refractivity contribution < 1.29 is 9.18 Å². The zero-order valence-corrected chi connectivity index (χ0v) is 16.6. The number of nitrogens with zero attached hydrogens (tertiary/aromatic N) is 5. The van der Waals surface area contributed by atoms with Crippen LogP contribution in [0.5, 0.6) is 0 Å². The smallest absolute Gasteiger partial charge is 0.233 e. The Balaban J connectivity index is 1.28. The van der Waals surface area contributed by atoms with E-state index in [1.165, 1.54) is 30.7 Å². The number of carbonyl (C=O) groups is 1. The van der Waals surface area contributed by atoms with E-state index in [-0.39, 0.29) is 11.7 Å². The summed E-state index contributed by atoms with van der Waals surface area (Å²) in [7, 11) is 0. The lowest BCUT2D eigenvalue weighted by Gasteiger charge is -2.36. The van der Waals surface area contributed by atoms with Gasteiger partial charge in [-0.05, 0) is 25.0 Å². The van der Waals surface area contributed by atoms with Gasteiger partial charge in [0.2, 0.25) is 5.91 Å². The first kappa shape index (κ1) is 19.0. The molecular formula is C20H24FN5OS. The maximum absolute atomic E-state index is 13.9. The molecule has 28 heavy (non-hydrogen) atoms. The third-order valence-electron chi connectivity index (χ3n) is 5.23. The number of benzene rings is 1. The van der Waals surface area contributed by atoms with E-state index in [1.807, 2.05) is 21.9 Å². The predicted molar refractivity (Wildman–Crippen MR) is 109 cm³/mol. The van der Waals surface area contributed by atoms with E-state index in [2.05, 4.69) is 14.9 Å². The second-order valence-corrected chi connectivity index (χ2v) is 8.01. The van der Waals surface area contributed by atoms with Gasteiger partial charge < -0.3 is 14.7 Å². The van der Waals surface area contributed by atoms with Gasteiger partial charge in [0.1, 0.15) is 23.0 Å². The number of hydrogen-bond acceptors (Lipinski definition) is 6. The fourth-order valence-electron chi connectivity index (χ4n) is 3.66. The molecule has 0 bridgehead atoms. The Morgan fingerprint density at radius 3 is 2.50 bits per heavy atom. The highest BCUT2D eigenvalue weighted by atomic mass is 32.2. The highest BCUT2D eigenvalue weighted by Gasteiger charge is 2.23. The predicted octanol–water partition coefficient (Wildman–Crippen LogP) is 2.66. The van der Waals surface area contributed by atoms with Crippen molar-refractivity contribution >= 4 is 29.2 Å². The molecule has 2 aromatic rings. The average molecular weight is 402 g/mol. The third-order valence-corrected chi connectivity index (χ3v) is 6.14. The first-order valence-electron chi connectivity index (χ1n) is 9.68. The fourth-order valence-corrected chi connectivity index (χ4v) is 4.42. The van der Waals surface area contributed by atoms with Crippen LogP contribution in [-0.4, -0.2) is 65.8 Å². The number of aromatic nitrogens is 2. The van der Waals surface area contributed by atoms with Crippen LogP contribution in [0.25, 0.3) is 0 Å². The van der Waals surface area contributed by atoms with Crippen LogP contribution in [0.3, 0.4) is 0 Å². The molecule has 2 fully saturated rings. The van der Waals surface area contributed by atoms with Crippen LogP contribution in [0.15, 0.2) is 41.7 Å². The maximum atomic E-state index is 13.9.